The van der Waals surface area contributed by atoms with Crippen LogP contribution in [0.3, 0.4) is 0 Å². The zero-order valence-electron chi connectivity index (χ0n) is 16.6. The van der Waals surface area contributed by atoms with Gasteiger partial charge in [-0.3, -0.25) is 9.48 Å². The molecule has 0 unspecified atom stereocenters. The second kappa shape index (κ2) is 9.32. The smallest absolute Gasteiger partial charge is 0.265 e. The molecule has 0 fully saturated rings. The van der Waals surface area contributed by atoms with Gasteiger partial charge in [-0.05, 0) is 48.2 Å². The molecule has 1 N–H and O–H groups in total. The minimum absolute atomic E-state index is 0.232. The molecule has 5 nitrogen and oxygen atoms in total. The summed E-state index contributed by atoms with van der Waals surface area (Å²) in [7, 11) is 0. The quantitative estimate of drug-likeness (QED) is 0.376. The maximum atomic E-state index is 13.8. The molecule has 0 bridgehead atoms. The van der Waals surface area contributed by atoms with E-state index < -0.39 is 0 Å². The molecule has 0 spiro atoms. The molecule has 0 atom stereocenters. The molecule has 2 heterocycles. The molecule has 1 amide bonds. The molecule has 2 aromatic carbocycles. The number of thiophene rings is 1. The number of aryl methyl sites for hydroxylation is 1. The van der Waals surface area contributed by atoms with Gasteiger partial charge < -0.3 is 10.1 Å². The van der Waals surface area contributed by atoms with E-state index in [-0.39, 0.29) is 18.3 Å². The molecule has 4 aromatic rings. The van der Waals surface area contributed by atoms with Gasteiger partial charge >= 0.3 is 0 Å². The topological polar surface area (TPSA) is 56.1 Å². The summed E-state index contributed by atoms with van der Waals surface area (Å²) in [6, 6.07) is 13.8. The Morgan fingerprint density at radius 1 is 1.26 bits per heavy atom. The lowest BCUT2D eigenvalue weighted by molar-refractivity contribution is 0.103. The highest BCUT2D eigenvalue weighted by molar-refractivity contribution is 7.12. The number of nitrogens with zero attached hydrogens (tertiary/aromatic N) is 2. The Balaban J connectivity index is 1.35. The number of anilines is 1. The number of aromatic nitrogens is 2. The van der Waals surface area contributed by atoms with Crippen molar-refractivity contribution in [2.75, 3.05) is 5.32 Å². The summed E-state index contributed by atoms with van der Waals surface area (Å²) in [5.41, 5.74) is 2.93. The average molecular weight is 456 g/mol. The van der Waals surface area contributed by atoms with Crippen molar-refractivity contribution in [2.45, 2.75) is 20.1 Å². The fraction of sp³-hybridized carbons (Fsp3) is 0.130. The van der Waals surface area contributed by atoms with Crippen LogP contribution in [0.2, 0.25) is 5.02 Å². The van der Waals surface area contributed by atoms with Crippen molar-refractivity contribution in [2.24, 2.45) is 0 Å². The van der Waals surface area contributed by atoms with Crippen molar-refractivity contribution in [3.63, 3.8) is 0 Å². The van der Waals surface area contributed by atoms with Crippen molar-refractivity contribution in [1.29, 1.82) is 0 Å². The van der Waals surface area contributed by atoms with Crippen LogP contribution in [0.4, 0.5) is 10.1 Å². The zero-order valence-corrected chi connectivity index (χ0v) is 18.2. The van der Waals surface area contributed by atoms with E-state index in [1.54, 1.807) is 47.4 Å². The predicted molar refractivity (Wildman–Crippen MR) is 121 cm³/mol. The van der Waals surface area contributed by atoms with Gasteiger partial charge in [0.05, 0.1) is 23.3 Å². The first-order valence-electron chi connectivity index (χ1n) is 9.51. The van der Waals surface area contributed by atoms with Crippen LogP contribution < -0.4 is 10.1 Å². The van der Waals surface area contributed by atoms with Crippen LogP contribution in [-0.2, 0) is 13.2 Å². The van der Waals surface area contributed by atoms with Gasteiger partial charge in [-0.2, -0.15) is 5.10 Å². The van der Waals surface area contributed by atoms with E-state index in [2.05, 4.69) is 10.4 Å². The number of carbonyl (C=O) groups excluding carboxylic acids is 1. The first-order valence-corrected chi connectivity index (χ1v) is 10.8. The molecular formula is C23H19ClFN3O2S. The average Bonchev–Trinajstić information content (AvgIpc) is 3.39. The zero-order chi connectivity index (χ0) is 21.8. The number of halogens is 2. The molecule has 0 saturated heterocycles. The van der Waals surface area contributed by atoms with Crippen molar-refractivity contribution in [1.82, 2.24) is 9.78 Å². The maximum Gasteiger partial charge on any atom is 0.265 e. The first kappa shape index (κ1) is 21.1. The van der Waals surface area contributed by atoms with Crippen LogP contribution in [0.1, 0.15) is 26.4 Å². The van der Waals surface area contributed by atoms with Gasteiger partial charge in [0.25, 0.3) is 5.91 Å². The van der Waals surface area contributed by atoms with Gasteiger partial charge in [-0.25, -0.2) is 4.39 Å². The normalized spacial score (nSPS) is 10.8. The van der Waals surface area contributed by atoms with Crippen LogP contribution in [0.5, 0.6) is 5.75 Å². The number of hydrogen-bond donors (Lipinski definition) is 1. The Kier molecular flexibility index (Phi) is 6.34. The highest BCUT2D eigenvalue weighted by atomic mass is 35.5. The van der Waals surface area contributed by atoms with Crippen LogP contribution in [0.25, 0.3) is 0 Å². The molecule has 0 saturated carbocycles. The SMILES string of the molecule is Cc1cc(Cl)ccc1OCc1csc(C(=O)Nc2cnn(Cc3ccccc3F)c2)c1. The minimum Gasteiger partial charge on any atom is -0.489 e. The number of ether oxygens (including phenoxy) is 1. The summed E-state index contributed by atoms with van der Waals surface area (Å²) in [5, 5.41) is 9.57. The van der Waals surface area contributed by atoms with Gasteiger partial charge in [0.2, 0.25) is 0 Å². The van der Waals surface area contributed by atoms with E-state index in [0.29, 0.717) is 27.8 Å². The predicted octanol–water partition coefficient (Wildman–Crippen LogP) is 5.93. The molecule has 4 rings (SSSR count). The Bertz CT molecular complexity index is 1220. The summed E-state index contributed by atoms with van der Waals surface area (Å²) >= 11 is 7.31. The third kappa shape index (κ3) is 5.31. The van der Waals surface area contributed by atoms with Crippen LogP contribution in [-0.4, -0.2) is 15.7 Å². The standard InChI is InChI=1S/C23H19ClFN3O2S/c1-15-8-18(24)6-7-21(15)30-13-16-9-22(31-14-16)23(29)27-19-10-26-28(12-19)11-17-4-2-3-5-20(17)25/h2-10,12,14H,11,13H2,1H3,(H,27,29). The van der Waals surface area contributed by atoms with Crippen molar-refractivity contribution in [3.8, 4) is 5.75 Å². The molecule has 0 radical (unpaired) electrons. The second-order valence-corrected chi connectivity index (χ2v) is 8.34. The van der Waals surface area contributed by atoms with Crippen molar-refractivity contribution < 1.29 is 13.9 Å². The lowest BCUT2D eigenvalue weighted by Crippen LogP contribution is -2.09. The molecule has 8 heteroatoms. The van der Waals surface area contributed by atoms with Gasteiger partial charge in [0, 0.05) is 22.3 Å². The maximum absolute atomic E-state index is 13.8. The summed E-state index contributed by atoms with van der Waals surface area (Å²) in [4.78, 5) is 13.1. The minimum atomic E-state index is -0.286. The van der Waals surface area contributed by atoms with E-state index in [9.17, 15) is 9.18 Å². The Hall–Kier alpha value is -3.16. The molecule has 0 aliphatic heterocycles. The Labute approximate surface area is 188 Å². The van der Waals surface area contributed by atoms with Gasteiger partial charge in [0.1, 0.15) is 18.2 Å². The molecule has 0 aliphatic rings. The third-order valence-electron chi connectivity index (χ3n) is 4.59. The van der Waals surface area contributed by atoms with Crippen LogP contribution in [0.15, 0.2) is 66.3 Å². The Morgan fingerprint density at radius 3 is 2.90 bits per heavy atom. The fourth-order valence-corrected chi connectivity index (χ4v) is 4.03. The number of amides is 1. The monoisotopic (exact) mass is 455 g/mol. The molecule has 158 valence electrons. The third-order valence-corrected chi connectivity index (χ3v) is 5.80. The number of carbonyl (C=O) groups is 1. The van der Waals surface area contributed by atoms with E-state index in [1.165, 1.54) is 17.4 Å². The van der Waals surface area contributed by atoms with Crippen LogP contribution in [0, 0.1) is 12.7 Å². The van der Waals surface area contributed by atoms with E-state index in [1.807, 2.05) is 24.4 Å². The van der Waals surface area contributed by atoms with E-state index in [0.717, 1.165) is 16.9 Å². The highest BCUT2D eigenvalue weighted by Crippen LogP contribution is 2.24. The largest absolute Gasteiger partial charge is 0.489 e. The van der Waals surface area contributed by atoms with E-state index in [4.69, 9.17) is 16.3 Å². The number of hydrogen-bond acceptors (Lipinski definition) is 4. The second-order valence-electron chi connectivity index (χ2n) is 6.99. The summed E-state index contributed by atoms with van der Waals surface area (Å²) < 4.78 is 21.2. The van der Waals surface area contributed by atoms with Crippen LogP contribution >= 0.6 is 22.9 Å². The lowest BCUT2D eigenvalue weighted by Gasteiger charge is -2.08. The van der Waals surface area contributed by atoms with Gasteiger partial charge in [-0.15, -0.1) is 11.3 Å². The first-order chi connectivity index (χ1) is 15.0. The number of rotatable bonds is 7. The summed E-state index contributed by atoms with van der Waals surface area (Å²) in [6.45, 7) is 2.57. The van der Waals surface area contributed by atoms with Gasteiger partial charge in [-0.1, -0.05) is 29.8 Å². The summed E-state index contributed by atoms with van der Waals surface area (Å²) in [6.07, 6.45) is 3.21. The molecule has 0 aliphatic carbocycles. The fourth-order valence-electron chi connectivity index (χ4n) is 3.01. The molecule has 2 aromatic heterocycles. The molecular weight excluding hydrogens is 437 g/mol. The molecule has 31 heavy (non-hydrogen) atoms. The summed E-state index contributed by atoms with van der Waals surface area (Å²) in [5.74, 6) is 0.235. The lowest BCUT2D eigenvalue weighted by atomic mass is 10.2. The van der Waals surface area contributed by atoms with Crippen molar-refractivity contribution >= 4 is 34.5 Å². The Morgan fingerprint density at radius 2 is 2.10 bits per heavy atom. The highest BCUT2D eigenvalue weighted by Gasteiger charge is 2.12. The van der Waals surface area contributed by atoms with E-state index >= 15 is 0 Å². The number of benzene rings is 2. The van der Waals surface area contributed by atoms with Crippen molar-refractivity contribution in [3.05, 3.63) is 98.7 Å². The van der Waals surface area contributed by atoms with Gasteiger partial charge in [0.15, 0.2) is 0 Å². The number of nitrogens with one attached hydrogen (secondary N) is 1.